The van der Waals surface area contributed by atoms with Crippen LogP contribution in [0.15, 0.2) is 34.7 Å². The summed E-state index contributed by atoms with van der Waals surface area (Å²) in [5, 5.41) is 0. The molecular formula is C18H18O3. The molecule has 0 N–H and O–H groups in total. The fourth-order valence-electron chi connectivity index (χ4n) is 3.72. The van der Waals surface area contributed by atoms with E-state index in [2.05, 4.69) is 0 Å². The van der Waals surface area contributed by atoms with Crippen LogP contribution in [0.4, 0.5) is 0 Å². The Morgan fingerprint density at radius 1 is 1.05 bits per heavy atom. The molecule has 1 fully saturated rings. The minimum absolute atomic E-state index is 0.00734. The summed E-state index contributed by atoms with van der Waals surface area (Å²) in [5.41, 5.74) is 2.58. The van der Waals surface area contributed by atoms with E-state index in [0.29, 0.717) is 5.56 Å². The fourth-order valence-corrected chi connectivity index (χ4v) is 3.72. The van der Waals surface area contributed by atoms with Crippen LogP contribution in [-0.2, 0) is 4.74 Å². The average Bonchev–Trinajstić information content (AvgIpc) is 2.86. The molecule has 0 radical (unpaired) electrons. The molecule has 3 nitrogen and oxygen atoms in total. The third kappa shape index (κ3) is 1.91. The second-order valence-corrected chi connectivity index (χ2v) is 5.97. The number of esters is 1. The molecule has 2 heterocycles. The van der Waals surface area contributed by atoms with Crippen LogP contribution in [0.2, 0.25) is 0 Å². The van der Waals surface area contributed by atoms with E-state index in [1.54, 1.807) is 0 Å². The van der Waals surface area contributed by atoms with Gasteiger partial charge in [-0.1, -0.05) is 36.8 Å². The van der Waals surface area contributed by atoms with Crippen molar-refractivity contribution >= 4 is 5.97 Å². The van der Waals surface area contributed by atoms with Gasteiger partial charge in [-0.15, -0.1) is 0 Å². The number of hydrogen-bond donors (Lipinski definition) is 0. The molecule has 2 aliphatic rings. The van der Waals surface area contributed by atoms with Gasteiger partial charge >= 0.3 is 5.97 Å². The molecule has 2 aromatic rings. The van der Waals surface area contributed by atoms with E-state index in [9.17, 15) is 4.79 Å². The Labute approximate surface area is 123 Å². The van der Waals surface area contributed by atoms with E-state index < -0.39 is 0 Å². The van der Waals surface area contributed by atoms with Gasteiger partial charge in [0.2, 0.25) is 0 Å². The summed E-state index contributed by atoms with van der Waals surface area (Å²) in [6.07, 6.45) is 4.32. The molecule has 21 heavy (non-hydrogen) atoms. The zero-order valence-corrected chi connectivity index (χ0v) is 12.1. The van der Waals surface area contributed by atoms with E-state index >= 15 is 0 Å². The summed E-state index contributed by atoms with van der Waals surface area (Å²) in [4.78, 5) is 12.5. The molecule has 2 atom stereocenters. The third-order valence-corrected chi connectivity index (χ3v) is 4.68. The van der Waals surface area contributed by atoms with Crippen LogP contribution in [0.25, 0.3) is 11.1 Å². The van der Waals surface area contributed by atoms with Crippen molar-refractivity contribution in [3.63, 3.8) is 0 Å². The topological polar surface area (TPSA) is 39.4 Å². The molecule has 4 rings (SSSR count). The number of carbonyl (C=O) groups is 1. The lowest BCUT2D eigenvalue weighted by Gasteiger charge is -2.33. The summed E-state index contributed by atoms with van der Waals surface area (Å²) in [6, 6.07) is 9.95. The normalized spacial score (nSPS) is 24.1. The number of carbonyl (C=O) groups excluding carboxylic acids is 1. The SMILES string of the molecule is Cc1oc2c(c1-c1ccccc1)C(=O)OC1CCCCC21. The molecule has 3 heteroatoms. The van der Waals surface area contributed by atoms with Crippen LogP contribution in [0.5, 0.6) is 0 Å². The van der Waals surface area contributed by atoms with Crippen molar-refractivity contribution in [2.45, 2.75) is 44.6 Å². The largest absolute Gasteiger partial charge is 0.464 e. The Morgan fingerprint density at radius 2 is 1.81 bits per heavy atom. The highest BCUT2D eigenvalue weighted by Gasteiger charge is 2.42. The van der Waals surface area contributed by atoms with Gasteiger partial charge in [0, 0.05) is 5.56 Å². The van der Waals surface area contributed by atoms with Gasteiger partial charge in [-0.3, -0.25) is 0 Å². The van der Waals surface area contributed by atoms with Gasteiger partial charge in [0.15, 0.2) is 0 Å². The molecular weight excluding hydrogens is 264 g/mol. The van der Waals surface area contributed by atoms with Gasteiger partial charge in [-0.25, -0.2) is 4.79 Å². The molecule has 1 aliphatic heterocycles. The second kappa shape index (κ2) is 4.76. The molecule has 1 aliphatic carbocycles. The Morgan fingerprint density at radius 3 is 2.62 bits per heavy atom. The zero-order valence-electron chi connectivity index (χ0n) is 12.1. The second-order valence-electron chi connectivity index (χ2n) is 5.97. The first-order chi connectivity index (χ1) is 10.3. The van der Waals surface area contributed by atoms with Gasteiger partial charge in [-0.2, -0.15) is 0 Å². The van der Waals surface area contributed by atoms with Gasteiger partial charge in [0.1, 0.15) is 23.2 Å². The lowest BCUT2D eigenvalue weighted by Crippen LogP contribution is -2.33. The van der Waals surface area contributed by atoms with Crippen molar-refractivity contribution < 1.29 is 13.9 Å². The van der Waals surface area contributed by atoms with E-state index in [-0.39, 0.29) is 18.0 Å². The predicted molar refractivity (Wildman–Crippen MR) is 79.3 cm³/mol. The maximum Gasteiger partial charge on any atom is 0.342 e. The number of furan rings is 1. The van der Waals surface area contributed by atoms with Crippen LogP contribution in [-0.4, -0.2) is 12.1 Å². The summed E-state index contributed by atoms with van der Waals surface area (Å²) >= 11 is 0. The van der Waals surface area contributed by atoms with Crippen molar-refractivity contribution in [1.29, 1.82) is 0 Å². The van der Waals surface area contributed by atoms with Crippen LogP contribution in [0.3, 0.4) is 0 Å². The van der Waals surface area contributed by atoms with E-state index in [4.69, 9.17) is 9.15 Å². The maximum atomic E-state index is 12.5. The highest BCUT2D eigenvalue weighted by molar-refractivity contribution is 6.00. The third-order valence-electron chi connectivity index (χ3n) is 4.68. The van der Waals surface area contributed by atoms with E-state index in [1.165, 1.54) is 6.42 Å². The monoisotopic (exact) mass is 282 g/mol. The first kappa shape index (κ1) is 12.7. The summed E-state index contributed by atoms with van der Waals surface area (Å²) in [7, 11) is 0. The number of fused-ring (bicyclic) bond motifs is 3. The van der Waals surface area contributed by atoms with Crippen molar-refractivity contribution in [2.75, 3.05) is 0 Å². The van der Waals surface area contributed by atoms with E-state index in [0.717, 1.165) is 41.9 Å². The first-order valence-electron chi connectivity index (χ1n) is 7.65. The number of rotatable bonds is 1. The van der Waals surface area contributed by atoms with Crippen LogP contribution < -0.4 is 0 Å². The molecule has 0 bridgehead atoms. The highest BCUT2D eigenvalue weighted by atomic mass is 16.5. The van der Waals surface area contributed by atoms with Gasteiger partial charge < -0.3 is 9.15 Å². The number of aryl methyl sites for hydroxylation is 1. The summed E-state index contributed by atoms with van der Waals surface area (Å²) in [6.45, 7) is 1.94. The van der Waals surface area contributed by atoms with Gasteiger partial charge in [-0.05, 0) is 31.7 Å². The van der Waals surface area contributed by atoms with E-state index in [1.807, 2.05) is 37.3 Å². The van der Waals surface area contributed by atoms with Crippen LogP contribution >= 0.6 is 0 Å². The molecule has 0 amide bonds. The number of benzene rings is 1. The molecule has 1 saturated carbocycles. The van der Waals surface area contributed by atoms with Gasteiger partial charge in [0.05, 0.1) is 5.92 Å². The molecule has 1 aromatic carbocycles. The zero-order chi connectivity index (χ0) is 14.4. The molecule has 2 unspecified atom stereocenters. The van der Waals surface area contributed by atoms with Crippen LogP contribution in [0.1, 0.15) is 53.5 Å². The Hall–Kier alpha value is -2.03. The quantitative estimate of drug-likeness (QED) is 0.725. The first-order valence-corrected chi connectivity index (χ1v) is 7.65. The minimum atomic E-state index is -0.219. The number of hydrogen-bond acceptors (Lipinski definition) is 3. The molecule has 0 spiro atoms. The Bertz CT molecular complexity index is 684. The summed E-state index contributed by atoms with van der Waals surface area (Å²) < 4.78 is 11.7. The van der Waals surface area contributed by atoms with Crippen molar-refractivity contribution in [3.8, 4) is 11.1 Å². The minimum Gasteiger partial charge on any atom is -0.464 e. The smallest absolute Gasteiger partial charge is 0.342 e. The molecule has 0 saturated heterocycles. The lowest BCUT2D eigenvalue weighted by molar-refractivity contribution is 0.00401. The van der Waals surface area contributed by atoms with Crippen molar-refractivity contribution in [1.82, 2.24) is 0 Å². The highest BCUT2D eigenvalue weighted by Crippen LogP contribution is 2.45. The van der Waals surface area contributed by atoms with Crippen LogP contribution in [0, 0.1) is 6.92 Å². The maximum absolute atomic E-state index is 12.5. The molecule has 108 valence electrons. The fraction of sp³-hybridized carbons (Fsp3) is 0.389. The summed E-state index contributed by atoms with van der Waals surface area (Å²) in [5.74, 6) is 1.69. The Kier molecular flexibility index (Phi) is 2.88. The average molecular weight is 282 g/mol. The Balaban J connectivity index is 1.89. The van der Waals surface area contributed by atoms with Gasteiger partial charge in [0.25, 0.3) is 0 Å². The lowest BCUT2D eigenvalue weighted by atomic mass is 9.81. The standard InChI is InChI=1S/C18H18O3/c1-11-15(12-7-3-2-4-8-12)16-17(20-11)13-9-5-6-10-14(13)21-18(16)19/h2-4,7-8,13-14H,5-6,9-10H2,1H3. The van der Waals surface area contributed by atoms with Crippen molar-refractivity contribution in [2.24, 2.45) is 0 Å². The number of ether oxygens (including phenoxy) is 1. The predicted octanol–water partition coefficient (Wildman–Crippen LogP) is 4.45. The van der Waals surface area contributed by atoms with Crippen molar-refractivity contribution in [3.05, 3.63) is 47.4 Å². The molecule has 1 aromatic heterocycles.